The van der Waals surface area contributed by atoms with Crippen LogP contribution in [0.2, 0.25) is 0 Å². The maximum absolute atomic E-state index is 2.37. The molecule has 1 atom stereocenters. The zero-order valence-electron chi connectivity index (χ0n) is 13.1. The Labute approximate surface area is 127 Å². The second-order valence-corrected chi connectivity index (χ2v) is 6.35. The second-order valence-electron chi connectivity index (χ2n) is 6.35. The van der Waals surface area contributed by atoms with Crippen LogP contribution in [0.3, 0.4) is 0 Å². The van der Waals surface area contributed by atoms with Crippen molar-refractivity contribution < 1.29 is 0 Å². The van der Waals surface area contributed by atoms with Crippen molar-refractivity contribution in [2.24, 2.45) is 0 Å². The van der Waals surface area contributed by atoms with Gasteiger partial charge in [-0.05, 0) is 37.0 Å². The van der Waals surface area contributed by atoms with E-state index in [2.05, 4.69) is 87.5 Å². The van der Waals surface area contributed by atoms with E-state index >= 15 is 0 Å². The van der Waals surface area contributed by atoms with Gasteiger partial charge in [0, 0.05) is 5.41 Å². The van der Waals surface area contributed by atoms with E-state index in [0.29, 0.717) is 0 Å². The quantitative estimate of drug-likeness (QED) is 0.668. The molecule has 0 spiro atoms. The van der Waals surface area contributed by atoms with Crippen LogP contribution in [0, 0.1) is 13.8 Å². The van der Waals surface area contributed by atoms with Gasteiger partial charge in [0.2, 0.25) is 0 Å². The van der Waals surface area contributed by atoms with Crippen LogP contribution < -0.4 is 0 Å². The van der Waals surface area contributed by atoms with Gasteiger partial charge in [-0.3, -0.25) is 0 Å². The highest BCUT2D eigenvalue weighted by Crippen LogP contribution is 2.36. The minimum absolute atomic E-state index is 0.113. The van der Waals surface area contributed by atoms with Gasteiger partial charge in [-0.15, -0.1) is 0 Å². The van der Waals surface area contributed by atoms with Crippen molar-refractivity contribution in [1.82, 2.24) is 0 Å². The third-order valence-electron chi connectivity index (χ3n) is 4.47. The Hall–Kier alpha value is -2.08. The molecule has 1 aliphatic rings. The highest BCUT2D eigenvalue weighted by molar-refractivity contribution is 5.75. The molecule has 0 aromatic heterocycles. The molecule has 0 bridgehead atoms. The average Bonchev–Trinajstić information content (AvgIpc) is 2.50. The molecule has 3 rings (SSSR count). The monoisotopic (exact) mass is 274 g/mol. The van der Waals surface area contributed by atoms with E-state index in [1.54, 1.807) is 0 Å². The Morgan fingerprint density at radius 1 is 0.810 bits per heavy atom. The molecule has 0 heterocycles. The minimum Gasteiger partial charge on any atom is -0.0755 e. The molecule has 0 radical (unpaired) electrons. The number of aryl methyl sites for hydroxylation is 2. The van der Waals surface area contributed by atoms with Crippen LogP contribution in [0.5, 0.6) is 0 Å². The first-order chi connectivity index (χ1) is 10.1. The topological polar surface area (TPSA) is 0 Å². The standard InChI is InChI=1S/C21H22/c1-16-4-8-18(9-5-16)19-12-14-21(3,15-13-19)20-10-6-17(2)7-11-20/h4-14H,15H2,1-3H3. The van der Waals surface area contributed by atoms with Crippen molar-refractivity contribution in [3.05, 3.63) is 89.0 Å². The first-order valence-electron chi connectivity index (χ1n) is 7.60. The van der Waals surface area contributed by atoms with Crippen LogP contribution in [0.1, 0.15) is 35.6 Å². The Kier molecular flexibility index (Phi) is 3.55. The third kappa shape index (κ3) is 2.85. The molecule has 0 saturated heterocycles. The summed E-state index contributed by atoms with van der Waals surface area (Å²) in [6.07, 6.45) is 8.04. The molecule has 0 fully saturated rings. The van der Waals surface area contributed by atoms with Gasteiger partial charge < -0.3 is 0 Å². The van der Waals surface area contributed by atoms with Crippen molar-refractivity contribution >= 4 is 5.57 Å². The van der Waals surface area contributed by atoms with Crippen LogP contribution >= 0.6 is 0 Å². The molecule has 21 heavy (non-hydrogen) atoms. The van der Waals surface area contributed by atoms with Gasteiger partial charge in [0.15, 0.2) is 0 Å². The molecule has 2 aromatic carbocycles. The highest BCUT2D eigenvalue weighted by atomic mass is 14.3. The number of hydrogen-bond acceptors (Lipinski definition) is 0. The van der Waals surface area contributed by atoms with E-state index in [0.717, 1.165) is 6.42 Å². The molecule has 106 valence electrons. The van der Waals surface area contributed by atoms with Crippen LogP contribution in [-0.2, 0) is 5.41 Å². The van der Waals surface area contributed by atoms with Crippen molar-refractivity contribution in [2.75, 3.05) is 0 Å². The summed E-state index contributed by atoms with van der Waals surface area (Å²) in [4.78, 5) is 0. The van der Waals surface area contributed by atoms with Crippen LogP contribution in [0.25, 0.3) is 5.57 Å². The van der Waals surface area contributed by atoms with Gasteiger partial charge in [0.05, 0.1) is 0 Å². The lowest BCUT2D eigenvalue weighted by atomic mass is 9.75. The molecule has 2 aromatic rings. The minimum atomic E-state index is 0.113. The smallest absolute Gasteiger partial charge is 0.0142 e. The van der Waals surface area contributed by atoms with Gasteiger partial charge >= 0.3 is 0 Å². The second kappa shape index (κ2) is 5.37. The zero-order chi connectivity index (χ0) is 14.9. The number of allylic oxidation sites excluding steroid dienone is 4. The maximum atomic E-state index is 2.37. The SMILES string of the molecule is Cc1ccc(C2=CCC(C)(c3ccc(C)cc3)C=C2)cc1. The Bertz CT molecular complexity index is 684. The van der Waals surface area contributed by atoms with Crippen LogP contribution in [-0.4, -0.2) is 0 Å². The summed E-state index contributed by atoms with van der Waals surface area (Å²) >= 11 is 0. The third-order valence-corrected chi connectivity index (χ3v) is 4.47. The van der Waals surface area contributed by atoms with Gasteiger partial charge in [0.1, 0.15) is 0 Å². The fourth-order valence-corrected chi connectivity index (χ4v) is 2.84. The summed E-state index contributed by atoms with van der Waals surface area (Å²) in [6, 6.07) is 17.7. The predicted molar refractivity (Wildman–Crippen MR) is 91.4 cm³/mol. The lowest BCUT2D eigenvalue weighted by Crippen LogP contribution is -2.20. The lowest BCUT2D eigenvalue weighted by molar-refractivity contribution is 0.601. The number of rotatable bonds is 2. The van der Waals surface area contributed by atoms with E-state index in [4.69, 9.17) is 0 Å². The normalized spacial score (nSPS) is 21.2. The largest absolute Gasteiger partial charge is 0.0755 e. The molecular formula is C21H22. The molecular weight excluding hydrogens is 252 g/mol. The molecule has 0 saturated carbocycles. The predicted octanol–water partition coefficient (Wildman–Crippen LogP) is 5.60. The molecule has 1 aliphatic carbocycles. The Morgan fingerprint density at radius 2 is 1.38 bits per heavy atom. The van der Waals surface area contributed by atoms with Crippen molar-refractivity contribution in [1.29, 1.82) is 0 Å². The van der Waals surface area contributed by atoms with Gasteiger partial charge in [-0.25, -0.2) is 0 Å². The zero-order valence-corrected chi connectivity index (χ0v) is 13.1. The fraction of sp³-hybridized carbons (Fsp3) is 0.238. The lowest BCUT2D eigenvalue weighted by Gasteiger charge is -2.29. The van der Waals surface area contributed by atoms with E-state index in [1.165, 1.54) is 27.8 Å². The van der Waals surface area contributed by atoms with Crippen molar-refractivity contribution in [2.45, 2.75) is 32.6 Å². The molecule has 0 heteroatoms. The number of hydrogen-bond donors (Lipinski definition) is 0. The van der Waals surface area contributed by atoms with Crippen molar-refractivity contribution in [3.63, 3.8) is 0 Å². The summed E-state index contributed by atoms with van der Waals surface area (Å²) in [5, 5.41) is 0. The fourth-order valence-electron chi connectivity index (χ4n) is 2.84. The first kappa shape index (κ1) is 13.9. The van der Waals surface area contributed by atoms with E-state index < -0.39 is 0 Å². The molecule has 0 aliphatic heterocycles. The summed E-state index contributed by atoms with van der Waals surface area (Å²) in [5.74, 6) is 0. The average molecular weight is 274 g/mol. The van der Waals surface area contributed by atoms with E-state index in [-0.39, 0.29) is 5.41 Å². The van der Waals surface area contributed by atoms with Gasteiger partial charge in [-0.2, -0.15) is 0 Å². The van der Waals surface area contributed by atoms with E-state index in [9.17, 15) is 0 Å². The Balaban J connectivity index is 1.84. The molecule has 0 amide bonds. The van der Waals surface area contributed by atoms with Crippen molar-refractivity contribution in [3.8, 4) is 0 Å². The summed E-state index contributed by atoms with van der Waals surface area (Å²) < 4.78 is 0. The first-order valence-corrected chi connectivity index (χ1v) is 7.60. The number of benzene rings is 2. The highest BCUT2D eigenvalue weighted by Gasteiger charge is 2.24. The van der Waals surface area contributed by atoms with Crippen LogP contribution in [0.15, 0.2) is 66.8 Å². The van der Waals surface area contributed by atoms with E-state index in [1.807, 2.05) is 0 Å². The molecule has 0 nitrogen and oxygen atoms in total. The molecule has 1 unspecified atom stereocenters. The molecule has 0 N–H and O–H groups in total. The summed E-state index contributed by atoms with van der Waals surface area (Å²) in [6.45, 7) is 6.58. The van der Waals surface area contributed by atoms with Crippen LogP contribution in [0.4, 0.5) is 0 Å². The van der Waals surface area contributed by atoms with Gasteiger partial charge in [-0.1, -0.05) is 84.8 Å². The summed E-state index contributed by atoms with van der Waals surface area (Å²) in [5.41, 5.74) is 6.77. The Morgan fingerprint density at radius 3 is 1.90 bits per heavy atom. The van der Waals surface area contributed by atoms with Gasteiger partial charge in [0.25, 0.3) is 0 Å². The maximum Gasteiger partial charge on any atom is 0.0142 e. The summed E-state index contributed by atoms with van der Waals surface area (Å²) in [7, 11) is 0.